The number of aldehydes is 1. The Morgan fingerprint density at radius 2 is 2.37 bits per heavy atom. The smallest absolute Gasteiger partial charge is 0.152 e. The molecule has 19 heavy (non-hydrogen) atoms. The molecule has 1 heterocycles. The number of nitrogens with zero attached hydrogens (tertiary/aromatic N) is 1. The number of hydrogen-bond acceptors (Lipinski definition) is 4. The summed E-state index contributed by atoms with van der Waals surface area (Å²) in [6.45, 7) is 4.92. The molecule has 1 saturated heterocycles. The summed E-state index contributed by atoms with van der Waals surface area (Å²) in [6, 6.07) is 6.26. The Morgan fingerprint density at radius 3 is 3.05 bits per heavy atom. The van der Waals surface area contributed by atoms with Crippen molar-refractivity contribution in [3.05, 3.63) is 29.3 Å². The number of anilines is 1. The van der Waals surface area contributed by atoms with E-state index in [1.165, 1.54) is 5.56 Å². The number of carbonyl (C=O) groups excluding carboxylic acids is 1. The fourth-order valence-electron chi connectivity index (χ4n) is 2.65. The molecule has 1 atom stereocenters. The average Bonchev–Trinajstić information content (AvgIpc) is 2.47. The Bertz CT molecular complexity index is 433. The lowest BCUT2D eigenvalue weighted by Crippen LogP contribution is -2.57. The van der Waals surface area contributed by atoms with Gasteiger partial charge in [-0.2, -0.15) is 0 Å². The van der Waals surface area contributed by atoms with Crippen LogP contribution in [-0.2, 0) is 6.42 Å². The maximum atomic E-state index is 11.4. The second-order valence-corrected chi connectivity index (χ2v) is 4.96. The minimum atomic E-state index is 0.240. The van der Waals surface area contributed by atoms with E-state index in [0.717, 1.165) is 50.0 Å². The van der Waals surface area contributed by atoms with E-state index in [0.29, 0.717) is 0 Å². The lowest BCUT2D eigenvalue weighted by atomic mass is 10.0. The Labute approximate surface area is 115 Å². The van der Waals surface area contributed by atoms with Crippen molar-refractivity contribution < 1.29 is 4.79 Å². The van der Waals surface area contributed by atoms with Crippen molar-refractivity contribution in [1.29, 1.82) is 0 Å². The van der Waals surface area contributed by atoms with E-state index in [1.54, 1.807) is 0 Å². The molecule has 1 aliphatic rings. The van der Waals surface area contributed by atoms with E-state index in [-0.39, 0.29) is 6.17 Å². The standard InChI is InChI=1S/C15H23N3O/c1-3-4-12-5-6-14(13(9-12)11-19)18-8-7-17-10-15(18)16-2/h5-6,9,11,15-17H,3-4,7-8,10H2,1-2H3/t15-/m1/s1. The summed E-state index contributed by atoms with van der Waals surface area (Å²) >= 11 is 0. The molecule has 1 aromatic carbocycles. The molecule has 1 aliphatic heterocycles. The topological polar surface area (TPSA) is 44.4 Å². The highest BCUT2D eigenvalue weighted by Gasteiger charge is 2.22. The number of hydrogen-bond donors (Lipinski definition) is 2. The number of rotatable bonds is 5. The van der Waals surface area contributed by atoms with Gasteiger partial charge in [-0.05, 0) is 31.2 Å². The number of benzene rings is 1. The van der Waals surface area contributed by atoms with E-state index < -0.39 is 0 Å². The number of aryl methyl sites for hydroxylation is 1. The molecule has 2 rings (SSSR count). The monoisotopic (exact) mass is 261 g/mol. The molecule has 0 saturated carbocycles. The van der Waals surface area contributed by atoms with Gasteiger partial charge >= 0.3 is 0 Å². The summed E-state index contributed by atoms with van der Waals surface area (Å²) in [7, 11) is 1.96. The average molecular weight is 261 g/mol. The van der Waals surface area contributed by atoms with Crippen LogP contribution in [0.15, 0.2) is 18.2 Å². The van der Waals surface area contributed by atoms with Crippen LogP contribution in [0.1, 0.15) is 29.3 Å². The largest absolute Gasteiger partial charge is 0.353 e. The van der Waals surface area contributed by atoms with Crippen molar-refractivity contribution >= 4 is 12.0 Å². The summed E-state index contributed by atoms with van der Waals surface area (Å²) in [4.78, 5) is 13.6. The van der Waals surface area contributed by atoms with Crippen LogP contribution in [0, 0.1) is 0 Å². The molecule has 0 bridgehead atoms. The molecule has 0 unspecified atom stereocenters. The molecule has 1 fully saturated rings. The zero-order valence-corrected chi connectivity index (χ0v) is 11.8. The minimum absolute atomic E-state index is 0.240. The summed E-state index contributed by atoms with van der Waals surface area (Å²) in [5, 5.41) is 6.65. The van der Waals surface area contributed by atoms with E-state index >= 15 is 0 Å². The lowest BCUT2D eigenvalue weighted by Gasteiger charge is -2.38. The maximum Gasteiger partial charge on any atom is 0.152 e. The van der Waals surface area contributed by atoms with E-state index in [9.17, 15) is 4.79 Å². The van der Waals surface area contributed by atoms with Crippen LogP contribution in [-0.4, -0.2) is 39.1 Å². The number of likely N-dealkylation sites (N-methyl/N-ethyl adjacent to an activating group) is 1. The molecule has 0 amide bonds. The van der Waals surface area contributed by atoms with Crippen molar-refractivity contribution in [3.8, 4) is 0 Å². The van der Waals surface area contributed by atoms with Crippen molar-refractivity contribution in [2.75, 3.05) is 31.6 Å². The maximum absolute atomic E-state index is 11.4. The van der Waals surface area contributed by atoms with Gasteiger partial charge < -0.3 is 10.2 Å². The first-order valence-electron chi connectivity index (χ1n) is 7.03. The number of carbonyl (C=O) groups is 1. The lowest BCUT2D eigenvalue weighted by molar-refractivity contribution is 0.112. The van der Waals surface area contributed by atoms with Crippen LogP contribution in [0.3, 0.4) is 0 Å². The molecular formula is C15H23N3O. The molecule has 4 nitrogen and oxygen atoms in total. The van der Waals surface area contributed by atoms with Crippen molar-refractivity contribution in [3.63, 3.8) is 0 Å². The molecule has 1 aromatic rings. The second-order valence-electron chi connectivity index (χ2n) is 4.96. The fraction of sp³-hybridized carbons (Fsp3) is 0.533. The van der Waals surface area contributed by atoms with Crippen molar-refractivity contribution in [2.45, 2.75) is 25.9 Å². The van der Waals surface area contributed by atoms with E-state index in [1.807, 2.05) is 13.1 Å². The molecule has 104 valence electrons. The Hall–Kier alpha value is -1.39. The van der Waals surface area contributed by atoms with E-state index in [4.69, 9.17) is 0 Å². The Balaban J connectivity index is 2.29. The Morgan fingerprint density at radius 1 is 1.53 bits per heavy atom. The second kappa shape index (κ2) is 6.68. The number of nitrogens with one attached hydrogen (secondary N) is 2. The van der Waals surface area contributed by atoms with Crippen molar-refractivity contribution in [2.24, 2.45) is 0 Å². The zero-order chi connectivity index (χ0) is 13.7. The summed E-state index contributed by atoms with van der Waals surface area (Å²) in [5.41, 5.74) is 3.08. The highest BCUT2D eigenvalue weighted by molar-refractivity contribution is 5.85. The molecule has 0 spiro atoms. The molecule has 0 aromatic heterocycles. The predicted octanol–water partition coefficient (Wildman–Crippen LogP) is 1.41. The highest BCUT2D eigenvalue weighted by Crippen LogP contribution is 2.23. The summed E-state index contributed by atoms with van der Waals surface area (Å²) < 4.78 is 0. The third-order valence-corrected chi connectivity index (χ3v) is 3.64. The molecular weight excluding hydrogens is 238 g/mol. The van der Waals surface area contributed by atoms with Gasteiger partial charge in [0.1, 0.15) is 0 Å². The van der Waals surface area contributed by atoms with Gasteiger partial charge in [-0.25, -0.2) is 0 Å². The van der Waals surface area contributed by atoms with Gasteiger partial charge in [0.2, 0.25) is 0 Å². The highest BCUT2D eigenvalue weighted by atomic mass is 16.1. The first-order chi connectivity index (χ1) is 9.30. The van der Waals surface area contributed by atoms with Crippen molar-refractivity contribution in [1.82, 2.24) is 10.6 Å². The third kappa shape index (κ3) is 3.14. The number of piperazine rings is 1. The Kier molecular flexibility index (Phi) is 4.93. The van der Waals surface area contributed by atoms with Gasteiger partial charge in [0.25, 0.3) is 0 Å². The van der Waals surface area contributed by atoms with Gasteiger partial charge in [0.15, 0.2) is 6.29 Å². The summed E-state index contributed by atoms with van der Waals surface area (Å²) in [5.74, 6) is 0. The zero-order valence-electron chi connectivity index (χ0n) is 11.8. The van der Waals surface area contributed by atoms with Crippen LogP contribution < -0.4 is 15.5 Å². The van der Waals surface area contributed by atoms with Gasteiger partial charge in [-0.1, -0.05) is 19.4 Å². The first-order valence-corrected chi connectivity index (χ1v) is 7.03. The predicted molar refractivity (Wildman–Crippen MR) is 78.9 cm³/mol. The molecule has 0 aliphatic carbocycles. The normalized spacial score (nSPS) is 19.5. The van der Waals surface area contributed by atoms with Crippen LogP contribution in [0.5, 0.6) is 0 Å². The van der Waals surface area contributed by atoms with Gasteiger partial charge in [-0.3, -0.25) is 10.1 Å². The van der Waals surface area contributed by atoms with Crippen LogP contribution in [0.4, 0.5) is 5.69 Å². The minimum Gasteiger partial charge on any atom is -0.353 e. The van der Waals surface area contributed by atoms with Gasteiger partial charge in [0, 0.05) is 30.9 Å². The van der Waals surface area contributed by atoms with E-state index in [2.05, 4.69) is 34.6 Å². The van der Waals surface area contributed by atoms with Crippen LogP contribution >= 0.6 is 0 Å². The molecule has 2 N–H and O–H groups in total. The van der Waals surface area contributed by atoms with Crippen LogP contribution in [0.25, 0.3) is 0 Å². The first kappa shape index (κ1) is 14.0. The SMILES string of the molecule is CCCc1ccc(N2CCNC[C@@H]2NC)c(C=O)c1. The van der Waals surface area contributed by atoms with Gasteiger partial charge in [-0.15, -0.1) is 0 Å². The molecule has 0 radical (unpaired) electrons. The molecule has 4 heteroatoms. The third-order valence-electron chi connectivity index (χ3n) is 3.64. The van der Waals surface area contributed by atoms with Crippen LogP contribution in [0.2, 0.25) is 0 Å². The summed E-state index contributed by atoms with van der Waals surface area (Å²) in [6.07, 6.45) is 3.34. The quantitative estimate of drug-likeness (QED) is 0.787. The fourth-order valence-corrected chi connectivity index (χ4v) is 2.65. The van der Waals surface area contributed by atoms with Gasteiger partial charge in [0.05, 0.1) is 6.17 Å².